The molecular formula is C18H20N2O. The third-order valence-corrected chi connectivity index (χ3v) is 3.57. The van der Waals surface area contributed by atoms with Crippen LogP contribution in [0.5, 0.6) is 0 Å². The standard InChI is InChI=1S/C18H20N2O/c1-14(17-9-7-16(12-19)8-10-17)20-18(13-21)11-15-5-3-2-4-6-15/h2-10,14,18,20-21H,11,13H2,1H3. The Morgan fingerprint density at radius 2 is 1.76 bits per heavy atom. The monoisotopic (exact) mass is 280 g/mol. The average molecular weight is 280 g/mol. The van der Waals surface area contributed by atoms with Gasteiger partial charge >= 0.3 is 0 Å². The minimum atomic E-state index is 0.0121. The lowest BCUT2D eigenvalue weighted by Crippen LogP contribution is -2.36. The van der Waals surface area contributed by atoms with Crippen molar-refractivity contribution in [2.75, 3.05) is 6.61 Å². The Bertz CT molecular complexity index is 587. The summed E-state index contributed by atoms with van der Waals surface area (Å²) >= 11 is 0. The van der Waals surface area contributed by atoms with Crippen molar-refractivity contribution < 1.29 is 5.11 Å². The maximum Gasteiger partial charge on any atom is 0.0991 e. The first-order chi connectivity index (χ1) is 10.2. The highest BCUT2D eigenvalue weighted by atomic mass is 16.3. The molecule has 2 atom stereocenters. The van der Waals surface area contributed by atoms with E-state index in [0.29, 0.717) is 5.56 Å². The summed E-state index contributed by atoms with van der Waals surface area (Å²) in [5, 5.41) is 21.8. The van der Waals surface area contributed by atoms with E-state index in [4.69, 9.17) is 5.26 Å². The van der Waals surface area contributed by atoms with Crippen molar-refractivity contribution in [2.24, 2.45) is 0 Å². The smallest absolute Gasteiger partial charge is 0.0991 e. The van der Waals surface area contributed by atoms with E-state index in [1.54, 1.807) is 0 Å². The highest BCUT2D eigenvalue weighted by Gasteiger charge is 2.13. The summed E-state index contributed by atoms with van der Waals surface area (Å²) in [5.74, 6) is 0. The lowest BCUT2D eigenvalue weighted by molar-refractivity contribution is 0.232. The molecule has 0 amide bonds. The van der Waals surface area contributed by atoms with Crippen molar-refractivity contribution in [3.8, 4) is 6.07 Å². The Kier molecular flexibility index (Phi) is 5.51. The van der Waals surface area contributed by atoms with Gasteiger partial charge in [-0.15, -0.1) is 0 Å². The van der Waals surface area contributed by atoms with Crippen molar-refractivity contribution in [1.82, 2.24) is 5.32 Å². The van der Waals surface area contributed by atoms with Crippen LogP contribution in [0.1, 0.15) is 29.7 Å². The van der Waals surface area contributed by atoms with Gasteiger partial charge in [0.2, 0.25) is 0 Å². The molecule has 108 valence electrons. The van der Waals surface area contributed by atoms with Crippen LogP contribution in [0.4, 0.5) is 0 Å². The van der Waals surface area contributed by atoms with Gasteiger partial charge < -0.3 is 10.4 Å². The molecule has 0 radical (unpaired) electrons. The van der Waals surface area contributed by atoms with Crippen LogP contribution in [0.2, 0.25) is 0 Å². The van der Waals surface area contributed by atoms with Crippen molar-refractivity contribution in [1.29, 1.82) is 5.26 Å². The second-order valence-electron chi connectivity index (χ2n) is 5.19. The molecule has 0 aliphatic heterocycles. The van der Waals surface area contributed by atoms with Crippen molar-refractivity contribution >= 4 is 0 Å². The van der Waals surface area contributed by atoms with Gasteiger partial charge in [0.05, 0.1) is 18.2 Å². The minimum absolute atomic E-state index is 0.0121. The van der Waals surface area contributed by atoms with E-state index >= 15 is 0 Å². The lowest BCUT2D eigenvalue weighted by atomic mass is 10.0. The number of nitrogens with one attached hydrogen (secondary N) is 1. The second-order valence-corrected chi connectivity index (χ2v) is 5.19. The van der Waals surface area contributed by atoms with Crippen LogP contribution in [-0.4, -0.2) is 17.8 Å². The van der Waals surface area contributed by atoms with Gasteiger partial charge in [-0.3, -0.25) is 0 Å². The van der Waals surface area contributed by atoms with Gasteiger partial charge in [0.25, 0.3) is 0 Å². The fourth-order valence-corrected chi connectivity index (χ4v) is 2.37. The van der Waals surface area contributed by atoms with E-state index in [9.17, 15) is 5.11 Å². The number of hydrogen-bond donors (Lipinski definition) is 2. The van der Waals surface area contributed by atoms with Crippen molar-refractivity contribution in [3.05, 3.63) is 71.3 Å². The number of benzene rings is 2. The molecule has 2 N–H and O–H groups in total. The maximum absolute atomic E-state index is 9.56. The molecule has 0 aliphatic rings. The first-order valence-electron chi connectivity index (χ1n) is 7.14. The summed E-state index contributed by atoms with van der Waals surface area (Å²) < 4.78 is 0. The Morgan fingerprint density at radius 1 is 1.10 bits per heavy atom. The Labute approximate surface area is 125 Å². The zero-order valence-electron chi connectivity index (χ0n) is 12.2. The molecule has 21 heavy (non-hydrogen) atoms. The molecule has 3 nitrogen and oxygen atoms in total. The first kappa shape index (κ1) is 15.2. The summed E-state index contributed by atoms with van der Waals surface area (Å²) in [4.78, 5) is 0. The van der Waals surface area contributed by atoms with Gasteiger partial charge in [-0.1, -0.05) is 42.5 Å². The van der Waals surface area contributed by atoms with Gasteiger partial charge in [0.15, 0.2) is 0 Å². The molecule has 2 aromatic carbocycles. The molecule has 0 fully saturated rings. The summed E-state index contributed by atoms with van der Waals surface area (Å²) in [5.41, 5.74) is 2.98. The molecule has 0 aromatic heterocycles. The van der Waals surface area contributed by atoms with Gasteiger partial charge in [0, 0.05) is 12.1 Å². The van der Waals surface area contributed by atoms with Crippen LogP contribution in [0, 0.1) is 11.3 Å². The SMILES string of the molecule is CC(NC(CO)Cc1ccccc1)c1ccc(C#N)cc1. The van der Waals surface area contributed by atoms with Crippen molar-refractivity contribution in [2.45, 2.75) is 25.4 Å². The van der Waals surface area contributed by atoms with Crippen molar-refractivity contribution in [3.63, 3.8) is 0 Å². The third kappa shape index (κ3) is 4.42. The Hall–Kier alpha value is -2.15. The summed E-state index contributed by atoms with van der Waals surface area (Å²) in [6.07, 6.45) is 0.790. The molecular weight excluding hydrogens is 260 g/mol. The molecule has 0 bridgehead atoms. The van der Waals surface area contributed by atoms with Gasteiger partial charge in [-0.05, 0) is 36.6 Å². The number of hydrogen-bond acceptors (Lipinski definition) is 3. The van der Waals surface area contributed by atoms with Gasteiger partial charge in [-0.25, -0.2) is 0 Å². The molecule has 2 rings (SSSR count). The third-order valence-electron chi connectivity index (χ3n) is 3.57. The minimum Gasteiger partial charge on any atom is -0.395 e. The van der Waals surface area contributed by atoms with Crippen LogP contribution in [0.3, 0.4) is 0 Å². The zero-order valence-corrected chi connectivity index (χ0v) is 12.2. The second kappa shape index (κ2) is 7.58. The summed E-state index contributed by atoms with van der Waals surface area (Å²) in [6.45, 7) is 2.16. The average Bonchev–Trinajstić information content (AvgIpc) is 2.55. The first-order valence-corrected chi connectivity index (χ1v) is 7.14. The maximum atomic E-state index is 9.56. The van der Waals surface area contributed by atoms with Crippen LogP contribution in [-0.2, 0) is 6.42 Å². The molecule has 0 saturated heterocycles. The number of rotatable bonds is 6. The van der Waals surface area contributed by atoms with Crippen LogP contribution in [0.25, 0.3) is 0 Å². The van der Waals surface area contributed by atoms with Gasteiger partial charge in [-0.2, -0.15) is 5.26 Å². The fraction of sp³-hybridized carbons (Fsp3) is 0.278. The lowest BCUT2D eigenvalue weighted by Gasteiger charge is -2.22. The van der Waals surface area contributed by atoms with Gasteiger partial charge in [0.1, 0.15) is 0 Å². The predicted octanol–water partition coefficient (Wildman–Crippen LogP) is 2.81. The number of nitrogens with zero attached hydrogens (tertiary/aromatic N) is 1. The largest absolute Gasteiger partial charge is 0.395 e. The normalized spacial score (nSPS) is 13.4. The van der Waals surface area contributed by atoms with E-state index in [0.717, 1.165) is 12.0 Å². The van der Waals surface area contributed by atoms with E-state index in [1.807, 2.05) is 42.5 Å². The van der Waals surface area contributed by atoms with Crippen LogP contribution >= 0.6 is 0 Å². The van der Waals surface area contributed by atoms with Crippen LogP contribution < -0.4 is 5.32 Å². The molecule has 0 saturated carbocycles. The summed E-state index contributed by atoms with van der Waals surface area (Å²) in [7, 11) is 0. The van der Waals surface area contributed by atoms with Crippen LogP contribution in [0.15, 0.2) is 54.6 Å². The molecule has 0 spiro atoms. The zero-order chi connectivity index (χ0) is 15.1. The summed E-state index contributed by atoms with van der Waals surface area (Å²) in [6, 6.07) is 19.9. The van der Waals surface area contributed by atoms with E-state index in [1.165, 1.54) is 5.56 Å². The molecule has 0 aliphatic carbocycles. The number of aliphatic hydroxyl groups excluding tert-OH is 1. The Balaban J connectivity index is 1.98. The van der Waals surface area contributed by atoms with E-state index in [2.05, 4.69) is 30.4 Å². The molecule has 2 aromatic rings. The predicted molar refractivity (Wildman–Crippen MR) is 83.7 cm³/mol. The number of nitriles is 1. The van der Waals surface area contributed by atoms with E-state index in [-0.39, 0.29) is 18.7 Å². The Morgan fingerprint density at radius 3 is 2.33 bits per heavy atom. The highest BCUT2D eigenvalue weighted by Crippen LogP contribution is 2.15. The molecule has 2 unspecified atom stereocenters. The highest BCUT2D eigenvalue weighted by molar-refractivity contribution is 5.32. The molecule has 0 heterocycles. The fourth-order valence-electron chi connectivity index (χ4n) is 2.37. The van der Waals surface area contributed by atoms with E-state index < -0.39 is 0 Å². The quantitative estimate of drug-likeness (QED) is 0.855. The topological polar surface area (TPSA) is 56.0 Å². The molecule has 3 heteroatoms. The number of aliphatic hydroxyl groups is 1.